The van der Waals surface area contributed by atoms with Crippen LogP contribution in [-0.4, -0.2) is 47.4 Å². The third-order valence-corrected chi connectivity index (χ3v) is 12.0. The summed E-state index contributed by atoms with van der Waals surface area (Å²) in [7, 11) is 0. The number of carbonyl (C=O) groups is 2. The Morgan fingerprint density at radius 3 is 1.20 bits per heavy atom. The van der Waals surface area contributed by atoms with Gasteiger partial charge in [-0.2, -0.15) is 0 Å². The van der Waals surface area contributed by atoms with Crippen molar-refractivity contribution in [3.05, 3.63) is 24.3 Å². The van der Waals surface area contributed by atoms with Gasteiger partial charge in [-0.1, -0.05) is 231 Å². The van der Waals surface area contributed by atoms with Crippen LogP contribution in [0.5, 0.6) is 0 Å². The molecule has 0 fully saturated rings. The molecule has 0 heterocycles. The standard InChI is InChI=1S/C53H101NO5/c1-3-5-7-9-11-13-15-17-19-21-23-25-29-33-37-41-45-51(56)50(49-55)54-52(57)46-42-38-34-30-27-28-32-36-40-44-48-59-53(58)47-43-39-35-31-26-24-22-20-18-16-14-12-10-8-6-4-2/h20,22,41,45,50-51,55-56H,3-19,21,23-40,42-44,46-49H2,1-2H3,(H,54,57)/b22-20-,45-41+. The second-order valence-corrected chi connectivity index (χ2v) is 17.9. The predicted molar refractivity (Wildman–Crippen MR) is 255 cm³/mol. The molecule has 0 aliphatic heterocycles. The van der Waals surface area contributed by atoms with Crippen molar-refractivity contribution in [2.45, 2.75) is 289 Å². The van der Waals surface area contributed by atoms with E-state index >= 15 is 0 Å². The smallest absolute Gasteiger partial charge is 0.305 e. The lowest BCUT2D eigenvalue weighted by Crippen LogP contribution is -2.45. The minimum atomic E-state index is -0.859. The lowest BCUT2D eigenvalue weighted by molar-refractivity contribution is -0.143. The number of hydrogen-bond acceptors (Lipinski definition) is 5. The number of hydrogen-bond donors (Lipinski definition) is 3. The van der Waals surface area contributed by atoms with Crippen LogP contribution in [-0.2, 0) is 14.3 Å². The highest BCUT2D eigenvalue weighted by Crippen LogP contribution is 2.16. The number of allylic oxidation sites excluding steroid dienone is 3. The van der Waals surface area contributed by atoms with Gasteiger partial charge in [-0.3, -0.25) is 9.59 Å². The molecule has 0 saturated carbocycles. The van der Waals surface area contributed by atoms with Gasteiger partial charge < -0.3 is 20.3 Å². The van der Waals surface area contributed by atoms with E-state index in [4.69, 9.17) is 4.74 Å². The molecule has 1 amide bonds. The molecule has 0 rings (SSSR count). The average Bonchev–Trinajstić information content (AvgIpc) is 3.24. The van der Waals surface area contributed by atoms with Gasteiger partial charge in [-0.15, -0.1) is 0 Å². The minimum Gasteiger partial charge on any atom is -0.466 e. The molecule has 0 radical (unpaired) electrons. The molecule has 2 atom stereocenters. The zero-order valence-corrected chi connectivity index (χ0v) is 39.5. The quantitative estimate of drug-likeness (QED) is 0.0322. The Morgan fingerprint density at radius 1 is 0.458 bits per heavy atom. The SMILES string of the molecule is CCCCCCCCC/C=C\CCCCCCCC(=O)OCCCCCCCCCCCCC(=O)NC(CO)C(O)/C=C/CCCCCCCCCCCCCCCC. The first-order valence-electron chi connectivity index (χ1n) is 26.1. The first-order valence-corrected chi connectivity index (χ1v) is 26.1. The van der Waals surface area contributed by atoms with Crippen LogP contribution in [0.2, 0.25) is 0 Å². The summed E-state index contributed by atoms with van der Waals surface area (Å²) in [4.78, 5) is 24.5. The molecular formula is C53H101NO5. The number of nitrogens with one attached hydrogen (secondary N) is 1. The van der Waals surface area contributed by atoms with Gasteiger partial charge in [-0.05, 0) is 57.8 Å². The summed E-state index contributed by atoms with van der Waals surface area (Å²) < 4.78 is 5.45. The van der Waals surface area contributed by atoms with E-state index < -0.39 is 12.1 Å². The van der Waals surface area contributed by atoms with Crippen molar-refractivity contribution in [2.75, 3.05) is 13.2 Å². The highest BCUT2D eigenvalue weighted by molar-refractivity contribution is 5.76. The number of ether oxygens (including phenoxy) is 1. The summed E-state index contributed by atoms with van der Waals surface area (Å²) in [5, 5.41) is 23.1. The average molecular weight is 832 g/mol. The Labute approximate surface area is 367 Å². The third kappa shape index (κ3) is 45.7. The minimum absolute atomic E-state index is 0.0283. The number of aliphatic hydroxyl groups is 2. The van der Waals surface area contributed by atoms with E-state index in [1.54, 1.807) is 6.08 Å². The molecule has 0 aromatic heterocycles. The lowest BCUT2D eigenvalue weighted by atomic mass is 10.0. The second-order valence-electron chi connectivity index (χ2n) is 17.9. The maximum Gasteiger partial charge on any atom is 0.305 e. The van der Waals surface area contributed by atoms with E-state index in [9.17, 15) is 19.8 Å². The fourth-order valence-corrected chi connectivity index (χ4v) is 7.92. The normalized spacial score (nSPS) is 12.8. The highest BCUT2D eigenvalue weighted by atomic mass is 16.5. The molecule has 3 N–H and O–H groups in total. The van der Waals surface area contributed by atoms with Crippen molar-refractivity contribution in [1.29, 1.82) is 0 Å². The molecule has 0 bridgehead atoms. The zero-order valence-electron chi connectivity index (χ0n) is 39.5. The summed E-state index contributed by atoms with van der Waals surface area (Å²) >= 11 is 0. The predicted octanol–water partition coefficient (Wildman–Crippen LogP) is 15.5. The topological polar surface area (TPSA) is 95.9 Å². The first-order chi connectivity index (χ1) is 29.0. The summed E-state index contributed by atoms with van der Waals surface area (Å²) in [5.74, 6) is -0.119. The molecule has 2 unspecified atom stereocenters. The van der Waals surface area contributed by atoms with E-state index in [-0.39, 0.29) is 18.5 Å². The number of amides is 1. The van der Waals surface area contributed by atoms with E-state index in [1.807, 2.05) is 6.08 Å². The second kappa shape index (κ2) is 49.0. The molecule has 0 aliphatic rings. The third-order valence-electron chi connectivity index (χ3n) is 12.0. The molecule has 0 saturated heterocycles. The number of carbonyl (C=O) groups excluding carboxylic acids is 2. The van der Waals surface area contributed by atoms with Crippen molar-refractivity contribution >= 4 is 11.9 Å². The Morgan fingerprint density at radius 2 is 0.797 bits per heavy atom. The maximum atomic E-state index is 12.4. The number of aliphatic hydroxyl groups excluding tert-OH is 2. The molecule has 0 spiro atoms. The van der Waals surface area contributed by atoms with Gasteiger partial charge in [-0.25, -0.2) is 0 Å². The van der Waals surface area contributed by atoms with Gasteiger partial charge in [0.05, 0.1) is 25.4 Å². The molecule has 59 heavy (non-hydrogen) atoms. The van der Waals surface area contributed by atoms with E-state index in [0.29, 0.717) is 19.4 Å². The van der Waals surface area contributed by atoms with Crippen LogP contribution in [0.15, 0.2) is 24.3 Å². The lowest BCUT2D eigenvalue weighted by Gasteiger charge is -2.20. The van der Waals surface area contributed by atoms with E-state index in [1.165, 1.54) is 193 Å². The number of unbranched alkanes of at least 4 members (excludes halogenated alkanes) is 35. The van der Waals surface area contributed by atoms with Crippen LogP contribution >= 0.6 is 0 Å². The fourth-order valence-electron chi connectivity index (χ4n) is 7.92. The van der Waals surface area contributed by atoms with Crippen LogP contribution in [0, 0.1) is 0 Å². The molecule has 348 valence electrons. The van der Waals surface area contributed by atoms with Gasteiger partial charge >= 0.3 is 5.97 Å². The Balaban J connectivity index is 3.52. The van der Waals surface area contributed by atoms with Gasteiger partial charge in [0.1, 0.15) is 0 Å². The van der Waals surface area contributed by atoms with E-state index in [2.05, 4.69) is 31.3 Å². The van der Waals surface area contributed by atoms with Gasteiger partial charge in [0.2, 0.25) is 5.91 Å². The molecule has 0 aromatic carbocycles. The summed E-state index contributed by atoms with van der Waals surface area (Å²) in [6.45, 7) is 4.85. The molecule has 0 aromatic rings. The number of esters is 1. The van der Waals surface area contributed by atoms with Crippen LogP contribution in [0.25, 0.3) is 0 Å². The van der Waals surface area contributed by atoms with E-state index in [0.717, 1.165) is 57.8 Å². The molecule has 6 heteroatoms. The van der Waals surface area contributed by atoms with Gasteiger partial charge in [0.25, 0.3) is 0 Å². The van der Waals surface area contributed by atoms with Crippen LogP contribution < -0.4 is 5.32 Å². The monoisotopic (exact) mass is 832 g/mol. The molecular weight excluding hydrogens is 731 g/mol. The molecule has 0 aliphatic carbocycles. The van der Waals surface area contributed by atoms with Gasteiger partial charge in [0, 0.05) is 12.8 Å². The highest BCUT2D eigenvalue weighted by Gasteiger charge is 2.18. The summed E-state index contributed by atoms with van der Waals surface area (Å²) in [6, 6.07) is -0.644. The maximum absolute atomic E-state index is 12.4. The zero-order chi connectivity index (χ0) is 43.0. The number of rotatable bonds is 48. The fraction of sp³-hybridized carbons (Fsp3) is 0.887. The van der Waals surface area contributed by atoms with Crippen molar-refractivity contribution in [1.82, 2.24) is 5.32 Å². The van der Waals surface area contributed by atoms with Crippen LogP contribution in [0.3, 0.4) is 0 Å². The van der Waals surface area contributed by atoms with Crippen LogP contribution in [0.4, 0.5) is 0 Å². The van der Waals surface area contributed by atoms with Gasteiger partial charge in [0.15, 0.2) is 0 Å². The Bertz CT molecular complexity index is 920. The summed E-state index contributed by atoms with van der Waals surface area (Å²) in [6.07, 6.45) is 57.4. The summed E-state index contributed by atoms with van der Waals surface area (Å²) in [5.41, 5.74) is 0. The largest absolute Gasteiger partial charge is 0.466 e. The first kappa shape index (κ1) is 57.3. The Hall–Kier alpha value is -1.66. The van der Waals surface area contributed by atoms with Crippen molar-refractivity contribution < 1.29 is 24.5 Å². The van der Waals surface area contributed by atoms with Crippen LogP contribution in [0.1, 0.15) is 277 Å². The van der Waals surface area contributed by atoms with Crippen molar-refractivity contribution in [2.24, 2.45) is 0 Å². The Kier molecular flexibility index (Phi) is 47.6. The molecule has 6 nitrogen and oxygen atoms in total. The van der Waals surface area contributed by atoms with Crippen molar-refractivity contribution in [3.63, 3.8) is 0 Å². The van der Waals surface area contributed by atoms with Crippen molar-refractivity contribution in [3.8, 4) is 0 Å².